The van der Waals surface area contributed by atoms with Crippen LogP contribution in [0.2, 0.25) is 0 Å². The van der Waals surface area contributed by atoms with Gasteiger partial charge >= 0.3 is 12.1 Å². The molecule has 4 N–H and O–H groups in total. The van der Waals surface area contributed by atoms with Crippen molar-refractivity contribution in [1.82, 2.24) is 30.7 Å². The van der Waals surface area contributed by atoms with Gasteiger partial charge in [-0.15, -0.1) is 0 Å². The van der Waals surface area contributed by atoms with Crippen LogP contribution in [0, 0.1) is 0 Å². The molecule has 0 saturated carbocycles. The molecule has 2 aromatic heterocycles. The fourth-order valence-electron chi connectivity index (χ4n) is 3.69. The molecule has 35 heavy (non-hydrogen) atoms. The van der Waals surface area contributed by atoms with Gasteiger partial charge in [-0.1, -0.05) is 0 Å². The van der Waals surface area contributed by atoms with Crippen LogP contribution in [0.3, 0.4) is 0 Å². The van der Waals surface area contributed by atoms with Crippen LogP contribution < -0.4 is 15.5 Å². The van der Waals surface area contributed by atoms with E-state index in [1.807, 2.05) is 17.0 Å². The first-order chi connectivity index (χ1) is 16.6. The molecule has 0 bridgehead atoms. The summed E-state index contributed by atoms with van der Waals surface area (Å²) in [6.45, 7) is 6.53. The summed E-state index contributed by atoms with van der Waals surface area (Å²) in [4.78, 5) is 41.4. The molecule has 0 atom stereocenters. The van der Waals surface area contributed by atoms with Crippen LogP contribution in [-0.2, 0) is 29.1 Å². The number of aromatic nitrogens is 3. The molecule has 0 radical (unpaired) electrons. The molecule has 0 aromatic carbocycles. The normalized spacial score (nSPS) is 15.5. The highest BCUT2D eigenvalue weighted by atomic mass is 19.4. The maximum atomic E-state index is 12.6. The van der Waals surface area contributed by atoms with E-state index in [-0.39, 0.29) is 11.8 Å². The van der Waals surface area contributed by atoms with Crippen LogP contribution in [0.25, 0.3) is 0 Å². The molecule has 0 spiro atoms. The topological polar surface area (TPSA) is 144 Å². The van der Waals surface area contributed by atoms with Crippen molar-refractivity contribution in [1.29, 1.82) is 0 Å². The van der Waals surface area contributed by atoms with Gasteiger partial charge in [-0.3, -0.25) is 14.7 Å². The molecule has 2 aromatic rings. The zero-order chi connectivity index (χ0) is 25.6. The summed E-state index contributed by atoms with van der Waals surface area (Å²) in [5.41, 5.74) is 3.48. The van der Waals surface area contributed by atoms with Crippen molar-refractivity contribution in [2.75, 3.05) is 37.6 Å². The number of carbonyl (C=O) groups is 3. The van der Waals surface area contributed by atoms with Gasteiger partial charge in [0, 0.05) is 58.0 Å². The highest BCUT2D eigenvalue weighted by Gasteiger charge is 2.38. The van der Waals surface area contributed by atoms with E-state index in [4.69, 9.17) is 9.90 Å². The van der Waals surface area contributed by atoms with Gasteiger partial charge in [-0.05, 0) is 30.7 Å². The van der Waals surface area contributed by atoms with Gasteiger partial charge in [0.15, 0.2) is 5.69 Å². The van der Waals surface area contributed by atoms with E-state index in [1.165, 1.54) is 0 Å². The Bertz CT molecular complexity index is 1070. The van der Waals surface area contributed by atoms with Crippen molar-refractivity contribution in [3.8, 4) is 0 Å². The second kappa shape index (κ2) is 11.2. The summed E-state index contributed by atoms with van der Waals surface area (Å²) in [5, 5.41) is 20.5. The van der Waals surface area contributed by atoms with Gasteiger partial charge in [-0.2, -0.15) is 18.3 Å². The first-order valence-corrected chi connectivity index (χ1v) is 10.9. The van der Waals surface area contributed by atoms with Gasteiger partial charge in [-0.25, -0.2) is 9.78 Å². The zero-order valence-corrected chi connectivity index (χ0v) is 19.0. The second-order valence-electron chi connectivity index (χ2n) is 7.96. The molecule has 2 amide bonds. The lowest BCUT2D eigenvalue weighted by Crippen LogP contribution is -2.48. The van der Waals surface area contributed by atoms with Gasteiger partial charge in [0.05, 0.1) is 5.69 Å². The molecule has 14 heteroatoms. The van der Waals surface area contributed by atoms with E-state index < -0.39 is 12.1 Å². The number of piperazine rings is 1. The molecule has 0 aliphatic carbocycles. The summed E-state index contributed by atoms with van der Waals surface area (Å²) in [6, 6.07) is 3.90. The van der Waals surface area contributed by atoms with Gasteiger partial charge < -0.3 is 25.5 Å². The Labute approximate surface area is 198 Å². The van der Waals surface area contributed by atoms with Crippen LogP contribution in [0.15, 0.2) is 18.3 Å². The molecule has 2 aliphatic heterocycles. The number of rotatable bonds is 4. The number of hydrogen-bond acceptors (Lipinski definition) is 7. The van der Waals surface area contributed by atoms with Crippen LogP contribution in [0.4, 0.5) is 19.0 Å². The van der Waals surface area contributed by atoms with Crippen molar-refractivity contribution in [3.05, 3.63) is 40.8 Å². The van der Waals surface area contributed by atoms with Gasteiger partial charge in [0.25, 0.3) is 5.91 Å². The summed E-state index contributed by atoms with van der Waals surface area (Å²) in [6.07, 6.45) is -2.52. The minimum atomic E-state index is -5.08. The number of anilines is 1. The van der Waals surface area contributed by atoms with Crippen LogP contribution in [0.5, 0.6) is 0 Å². The van der Waals surface area contributed by atoms with Crippen LogP contribution >= 0.6 is 0 Å². The van der Waals surface area contributed by atoms with E-state index >= 15 is 0 Å². The van der Waals surface area contributed by atoms with E-state index in [0.29, 0.717) is 25.3 Å². The summed E-state index contributed by atoms with van der Waals surface area (Å²) in [7, 11) is 0. The van der Waals surface area contributed by atoms with E-state index in [2.05, 4.69) is 30.7 Å². The Morgan fingerprint density at radius 3 is 2.51 bits per heavy atom. The van der Waals surface area contributed by atoms with Crippen molar-refractivity contribution in [3.63, 3.8) is 0 Å². The molecular formula is C21H26F3N7O4. The largest absolute Gasteiger partial charge is 0.490 e. The van der Waals surface area contributed by atoms with Crippen molar-refractivity contribution >= 4 is 23.6 Å². The number of hydrogen-bond donors (Lipinski definition) is 4. The van der Waals surface area contributed by atoms with Gasteiger partial charge in [0.1, 0.15) is 5.82 Å². The Morgan fingerprint density at radius 1 is 1.20 bits per heavy atom. The lowest BCUT2D eigenvalue weighted by Gasteiger charge is -2.35. The number of aliphatic carboxylic acids is 1. The molecule has 0 unspecified atom stereocenters. The summed E-state index contributed by atoms with van der Waals surface area (Å²) < 4.78 is 31.7. The third-order valence-corrected chi connectivity index (χ3v) is 5.58. The molecule has 1 saturated heterocycles. The fourth-order valence-corrected chi connectivity index (χ4v) is 3.69. The smallest absolute Gasteiger partial charge is 0.475 e. The lowest BCUT2D eigenvalue weighted by molar-refractivity contribution is -0.192. The first kappa shape index (κ1) is 25.9. The van der Waals surface area contributed by atoms with Crippen LogP contribution in [0.1, 0.15) is 34.2 Å². The highest BCUT2D eigenvalue weighted by molar-refractivity contribution is 5.94. The van der Waals surface area contributed by atoms with Crippen molar-refractivity contribution in [2.24, 2.45) is 0 Å². The molecular weight excluding hydrogens is 471 g/mol. The van der Waals surface area contributed by atoms with Crippen molar-refractivity contribution in [2.45, 2.75) is 32.6 Å². The maximum absolute atomic E-state index is 12.6. The number of alkyl halides is 3. The van der Waals surface area contributed by atoms with E-state index in [1.54, 1.807) is 13.1 Å². The summed E-state index contributed by atoms with van der Waals surface area (Å²) >= 11 is 0. The van der Waals surface area contributed by atoms with Crippen LogP contribution in [-0.4, -0.2) is 81.9 Å². The average Bonchev–Trinajstić information content (AvgIpc) is 3.27. The number of pyridine rings is 1. The number of nitrogens with one attached hydrogen (secondary N) is 3. The third kappa shape index (κ3) is 6.91. The standard InChI is InChI=1S/C19H25N7O2.C2HF3O2/c1-13(27)25-6-8-26(9-7-25)17-10-14(2-5-21-17)11-22-19(28)18-15-3-4-20-12-16(15)23-24-18;3-2(4,5)1(6)7/h2,5,10,20H,3-4,6-9,11-12H2,1H3,(H,22,28)(H,23,24);(H,6,7). The van der Waals surface area contributed by atoms with Gasteiger partial charge in [0.2, 0.25) is 5.91 Å². The van der Waals surface area contributed by atoms with E-state index in [0.717, 1.165) is 55.2 Å². The molecule has 1 fully saturated rings. The number of carboxylic acid groups (broad SMARTS) is 1. The first-order valence-electron chi connectivity index (χ1n) is 10.9. The number of carboxylic acids is 1. The molecule has 2 aliphatic rings. The number of aromatic amines is 1. The molecule has 190 valence electrons. The Kier molecular flexibility index (Phi) is 8.27. The highest BCUT2D eigenvalue weighted by Crippen LogP contribution is 2.17. The maximum Gasteiger partial charge on any atom is 0.490 e. The number of fused-ring (bicyclic) bond motifs is 1. The Morgan fingerprint density at radius 2 is 1.89 bits per heavy atom. The third-order valence-electron chi connectivity index (χ3n) is 5.58. The number of H-pyrrole nitrogens is 1. The average molecular weight is 497 g/mol. The molecule has 4 heterocycles. The monoisotopic (exact) mass is 497 g/mol. The Balaban J connectivity index is 0.000000429. The molecule has 4 rings (SSSR count). The minimum Gasteiger partial charge on any atom is -0.475 e. The number of halogens is 3. The summed E-state index contributed by atoms with van der Waals surface area (Å²) in [5.74, 6) is -1.93. The number of amides is 2. The predicted molar refractivity (Wildman–Crippen MR) is 118 cm³/mol. The quantitative estimate of drug-likeness (QED) is 0.483. The number of nitrogens with zero attached hydrogens (tertiary/aromatic N) is 4. The minimum absolute atomic E-state index is 0.111. The predicted octanol–water partition coefficient (Wildman–Crippen LogP) is 0.682. The lowest BCUT2D eigenvalue weighted by atomic mass is 10.1. The van der Waals surface area contributed by atoms with Crippen molar-refractivity contribution < 1.29 is 32.7 Å². The SMILES string of the molecule is CC(=O)N1CCN(c2cc(CNC(=O)c3n[nH]c4c3CCNC4)ccn2)CC1.O=C(O)C(F)(F)F. The zero-order valence-electron chi connectivity index (χ0n) is 19.0. The molecule has 11 nitrogen and oxygen atoms in total. The van der Waals surface area contributed by atoms with E-state index in [9.17, 15) is 22.8 Å². The Hall–Kier alpha value is -3.68. The number of carbonyl (C=O) groups excluding carboxylic acids is 2. The fraction of sp³-hybridized carbons (Fsp3) is 0.476. The second-order valence-corrected chi connectivity index (χ2v) is 7.96.